The molecule has 0 aliphatic carbocycles. The van der Waals surface area contributed by atoms with Gasteiger partial charge in [-0.1, -0.05) is 257 Å². The molecule has 0 aromatic rings. The molecule has 0 heterocycles. The molecule has 0 aliphatic rings. The number of ether oxygens (including phenoxy) is 2. The predicted octanol–water partition coefficient (Wildman–Crippen LogP) is 21.6. The Morgan fingerprint density at radius 1 is 0.345 bits per heavy atom. The van der Waals surface area contributed by atoms with Gasteiger partial charge in [-0.05, 0) is 167 Å². The van der Waals surface area contributed by atoms with Gasteiger partial charge >= 0.3 is 19.8 Å². The Morgan fingerprint density at radius 2 is 0.586 bits per heavy atom. The zero-order valence-electron chi connectivity index (χ0n) is 53.6. The predicted molar refractivity (Wildman–Crippen MR) is 375 cm³/mol. The van der Waals surface area contributed by atoms with E-state index in [1.165, 1.54) is 0 Å². The van der Waals surface area contributed by atoms with E-state index < -0.39 is 32.5 Å². The van der Waals surface area contributed by atoms with Gasteiger partial charge in [0.2, 0.25) is 0 Å². The van der Waals surface area contributed by atoms with Gasteiger partial charge in [0.05, 0.1) is 13.2 Å². The third kappa shape index (κ3) is 68.8. The average molecular weight is 1210 g/mol. The lowest BCUT2D eigenvalue weighted by atomic mass is 10.1. The number of carbonyl (C=O) groups excluding carboxylic acids is 2. The number of unbranched alkanes of at least 4 members (excludes halogenated alkanes) is 4. The topological polar surface area (TPSA) is 134 Å². The van der Waals surface area contributed by atoms with Gasteiger partial charge in [-0.2, -0.15) is 0 Å². The van der Waals surface area contributed by atoms with E-state index in [9.17, 15) is 19.0 Å². The van der Waals surface area contributed by atoms with E-state index >= 15 is 0 Å². The number of nitrogens with two attached hydrogens (primary N) is 1. The van der Waals surface area contributed by atoms with Crippen LogP contribution < -0.4 is 5.73 Å². The number of allylic oxidation sites excluding steroid dienone is 40. The molecule has 0 saturated carbocycles. The molecular formula is C77H114NO8P. The number of phosphoric ester groups is 1. The molecule has 0 aromatic carbocycles. The molecule has 87 heavy (non-hydrogen) atoms. The smallest absolute Gasteiger partial charge is 0.462 e. The van der Waals surface area contributed by atoms with Crippen molar-refractivity contribution in [2.45, 2.75) is 200 Å². The Labute approximate surface area is 529 Å². The summed E-state index contributed by atoms with van der Waals surface area (Å²) in [6.07, 6.45) is 111. The fraction of sp³-hybridized carbons (Fsp3) is 0.455. The summed E-state index contributed by atoms with van der Waals surface area (Å²) in [6, 6.07) is 0. The maximum Gasteiger partial charge on any atom is 0.472 e. The van der Waals surface area contributed by atoms with E-state index in [2.05, 4.69) is 257 Å². The van der Waals surface area contributed by atoms with Crippen LogP contribution in [0.25, 0.3) is 0 Å². The molecule has 0 aliphatic heterocycles. The number of esters is 2. The summed E-state index contributed by atoms with van der Waals surface area (Å²) >= 11 is 0. The van der Waals surface area contributed by atoms with E-state index in [1.54, 1.807) is 0 Å². The molecule has 0 amide bonds. The Morgan fingerprint density at radius 3 is 0.839 bits per heavy atom. The Balaban J connectivity index is 4.21. The van der Waals surface area contributed by atoms with E-state index in [1.807, 2.05) is 0 Å². The van der Waals surface area contributed by atoms with E-state index in [0.717, 1.165) is 154 Å². The zero-order valence-corrected chi connectivity index (χ0v) is 54.5. The highest BCUT2D eigenvalue weighted by Crippen LogP contribution is 2.43. The van der Waals surface area contributed by atoms with Crippen molar-refractivity contribution in [3.05, 3.63) is 243 Å². The zero-order chi connectivity index (χ0) is 63.0. The second-order valence-corrected chi connectivity index (χ2v) is 21.6. The second kappa shape index (κ2) is 68.9. The van der Waals surface area contributed by atoms with Crippen molar-refractivity contribution in [2.75, 3.05) is 26.4 Å². The third-order valence-corrected chi connectivity index (χ3v) is 13.2. The molecule has 9 nitrogen and oxygen atoms in total. The summed E-state index contributed by atoms with van der Waals surface area (Å²) in [5.74, 6) is -0.956. The fourth-order valence-corrected chi connectivity index (χ4v) is 8.28. The van der Waals surface area contributed by atoms with Crippen LogP contribution in [0.4, 0.5) is 0 Å². The summed E-state index contributed by atoms with van der Waals surface area (Å²) < 4.78 is 33.0. The largest absolute Gasteiger partial charge is 0.472 e. The van der Waals surface area contributed by atoms with Crippen molar-refractivity contribution in [1.29, 1.82) is 0 Å². The van der Waals surface area contributed by atoms with Crippen LogP contribution in [0.15, 0.2) is 243 Å². The maximum atomic E-state index is 12.7. The Bertz CT molecular complexity index is 2320. The van der Waals surface area contributed by atoms with Gasteiger partial charge in [0.25, 0.3) is 0 Å². The van der Waals surface area contributed by atoms with Gasteiger partial charge in [-0.3, -0.25) is 18.6 Å². The molecule has 2 unspecified atom stereocenters. The first-order valence-corrected chi connectivity index (χ1v) is 34.0. The van der Waals surface area contributed by atoms with Crippen molar-refractivity contribution >= 4 is 19.8 Å². The minimum Gasteiger partial charge on any atom is -0.462 e. The SMILES string of the molecule is CC/C=C\C/C=C\C/C=C\C/C=C\C/C=C\C/C=C\C/C=C\C/C=C\C/C=C\C/C=C\CCCCC(=O)OCC(COP(=O)(O)OCCN)OC(=O)CCCC/C=C\C/C=C\C/C=C\C/C=C\C/C=C\C/C=C\C/C=C\C/C=C\C/C=C\C/C=C\CC. The molecular weight excluding hydrogens is 1100 g/mol. The summed E-state index contributed by atoms with van der Waals surface area (Å²) in [7, 11) is -4.44. The standard InChI is InChI=1S/C77H114NO8P/c1-3-5-7-9-11-13-15-17-19-21-23-25-27-29-31-33-35-37-39-41-43-45-47-49-51-53-55-57-59-61-63-65-67-69-76(79)83-73-75(74-85-87(81,82)84-72-71-78)86-77(80)70-68-66-64-62-60-58-56-54-52-50-48-46-44-42-40-38-36-34-32-30-28-26-24-22-20-18-16-14-12-10-8-6-4-2/h5-8,11-14,17-20,23-26,29-32,35-38,41-44,47-50,53-56,59-62,75H,3-4,9-10,15-16,21-22,27-28,33-34,39-40,45-46,51-52,57-58,63-74,78H2,1-2H3,(H,81,82)/b7-5-,8-6-,13-11-,14-12-,19-17-,20-18-,25-23-,26-24-,31-29-,32-30-,37-35-,38-36-,43-41-,44-42-,49-47-,50-48-,55-53-,56-54-,61-59-,62-60-. The maximum absolute atomic E-state index is 12.7. The van der Waals surface area contributed by atoms with E-state index in [-0.39, 0.29) is 32.6 Å². The third-order valence-electron chi connectivity index (χ3n) is 12.2. The summed E-state index contributed by atoms with van der Waals surface area (Å²) in [5.41, 5.74) is 5.38. The first-order valence-electron chi connectivity index (χ1n) is 32.5. The second-order valence-electron chi connectivity index (χ2n) is 20.2. The molecule has 2 atom stereocenters. The van der Waals surface area contributed by atoms with Gasteiger partial charge in [-0.25, -0.2) is 4.57 Å². The highest BCUT2D eigenvalue weighted by Gasteiger charge is 2.26. The van der Waals surface area contributed by atoms with Crippen LogP contribution >= 0.6 is 7.82 Å². The van der Waals surface area contributed by atoms with Crippen LogP contribution in [-0.2, 0) is 32.7 Å². The summed E-state index contributed by atoms with van der Waals surface area (Å²) in [4.78, 5) is 35.3. The Kier molecular flexibility index (Phi) is 64.0. The van der Waals surface area contributed by atoms with Crippen molar-refractivity contribution < 1.29 is 37.6 Å². The van der Waals surface area contributed by atoms with Gasteiger partial charge in [0, 0.05) is 19.4 Å². The fourth-order valence-electron chi connectivity index (χ4n) is 7.51. The van der Waals surface area contributed by atoms with Crippen molar-refractivity contribution in [2.24, 2.45) is 5.73 Å². The molecule has 0 saturated heterocycles. The molecule has 0 aromatic heterocycles. The van der Waals surface area contributed by atoms with E-state index in [4.69, 9.17) is 24.3 Å². The van der Waals surface area contributed by atoms with Gasteiger partial charge in [-0.15, -0.1) is 0 Å². The molecule has 480 valence electrons. The molecule has 10 heteroatoms. The quantitative estimate of drug-likeness (QED) is 0.0264. The van der Waals surface area contributed by atoms with Crippen LogP contribution in [0, 0.1) is 0 Å². The van der Waals surface area contributed by atoms with E-state index in [0.29, 0.717) is 12.8 Å². The van der Waals surface area contributed by atoms with Gasteiger partial charge in [0.15, 0.2) is 6.10 Å². The minimum atomic E-state index is -4.44. The normalized spacial score (nSPS) is 14.6. The number of rotatable bonds is 57. The first kappa shape index (κ1) is 80.8. The molecule has 0 rings (SSSR count). The lowest BCUT2D eigenvalue weighted by Crippen LogP contribution is -2.29. The summed E-state index contributed by atoms with van der Waals surface area (Å²) in [5, 5.41) is 0. The first-order chi connectivity index (χ1) is 42.8. The van der Waals surface area contributed by atoms with Crippen LogP contribution in [0.3, 0.4) is 0 Å². The minimum absolute atomic E-state index is 0.0250. The van der Waals surface area contributed by atoms with Gasteiger partial charge in [0.1, 0.15) is 6.61 Å². The number of hydrogen-bond donors (Lipinski definition) is 2. The van der Waals surface area contributed by atoms with Crippen LogP contribution in [0.5, 0.6) is 0 Å². The van der Waals surface area contributed by atoms with Crippen LogP contribution in [0.2, 0.25) is 0 Å². The average Bonchev–Trinajstić information content (AvgIpc) is 3.55. The molecule has 0 fully saturated rings. The lowest BCUT2D eigenvalue weighted by molar-refractivity contribution is -0.161. The highest BCUT2D eigenvalue weighted by atomic mass is 31.2. The molecule has 0 radical (unpaired) electrons. The number of carbonyl (C=O) groups is 2. The highest BCUT2D eigenvalue weighted by molar-refractivity contribution is 7.47. The Hall–Kier alpha value is -6.19. The summed E-state index contributed by atoms with van der Waals surface area (Å²) in [6.45, 7) is 3.37. The van der Waals surface area contributed by atoms with Crippen molar-refractivity contribution in [3.8, 4) is 0 Å². The monoisotopic (exact) mass is 1210 g/mol. The number of phosphoric acid groups is 1. The van der Waals surface area contributed by atoms with Crippen LogP contribution in [-0.4, -0.2) is 49.3 Å². The molecule has 0 bridgehead atoms. The lowest BCUT2D eigenvalue weighted by Gasteiger charge is -2.19. The molecule has 3 N–H and O–H groups in total. The number of hydrogen-bond acceptors (Lipinski definition) is 8. The molecule has 0 spiro atoms. The van der Waals surface area contributed by atoms with Crippen LogP contribution in [0.1, 0.15) is 194 Å². The van der Waals surface area contributed by atoms with Crippen molar-refractivity contribution in [1.82, 2.24) is 0 Å². The van der Waals surface area contributed by atoms with Crippen molar-refractivity contribution in [3.63, 3.8) is 0 Å². The van der Waals surface area contributed by atoms with Gasteiger partial charge < -0.3 is 20.1 Å².